The van der Waals surface area contributed by atoms with Crippen molar-refractivity contribution in [1.82, 2.24) is 14.5 Å². The van der Waals surface area contributed by atoms with E-state index in [1.807, 2.05) is 36.4 Å². The molecule has 3 heteroatoms. The van der Waals surface area contributed by atoms with E-state index in [1.54, 1.807) is 0 Å². The lowest BCUT2D eigenvalue weighted by molar-refractivity contribution is 0.996. The van der Waals surface area contributed by atoms with Crippen LogP contribution in [0.4, 0.5) is 0 Å². The highest BCUT2D eigenvalue weighted by atomic mass is 15.2. The molecule has 0 spiro atoms. The second-order valence-electron chi connectivity index (χ2n) is 8.74. The van der Waals surface area contributed by atoms with Gasteiger partial charge in [0.2, 0.25) is 5.95 Å². The fourth-order valence-corrected chi connectivity index (χ4v) is 4.92. The van der Waals surface area contributed by atoms with Gasteiger partial charge in [-0.1, -0.05) is 103 Å². The highest BCUT2D eigenvalue weighted by Gasteiger charge is 2.17. The van der Waals surface area contributed by atoms with Gasteiger partial charge in [0.25, 0.3) is 0 Å². The van der Waals surface area contributed by atoms with Crippen molar-refractivity contribution in [2.24, 2.45) is 0 Å². The van der Waals surface area contributed by atoms with Gasteiger partial charge >= 0.3 is 0 Å². The molecular weight excluding hydrogens is 426 g/mol. The zero-order valence-electron chi connectivity index (χ0n) is 19.0. The summed E-state index contributed by atoms with van der Waals surface area (Å²) in [6.07, 6.45) is 0. The first kappa shape index (κ1) is 19.7. The first-order valence-corrected chi connectivity index (χ1v) is 11.8. The minimum absolute atomic E-state index is 0.673. The fraction of sp³-hybridized carbons (Fsp3) is 0. The monoisotopic (exact) mass is 447 g/mol. The summed E-state index contributed by atoms with van der Waals surface area (Å²) in [6.45, 7) is 0. The molecule has 7 aromatic rings. The smallest absolute Gasteiger partial charge is 0.235 e. The summed E-state index contributed by atoms with van der Waals surface area (Å²) in [5, 5.41) is 4.83. The highest BCUT2D eigenvalue weighted by molar-refractivity contribution is 6.13. The lowest BCUT2D eigenvalue weighted by atomic mass is 10.1. The normalized spacial score (nSPS) is 11.4. The van der Waals surface area contributed by atoms with Crippen LogP contribution < -0.4 is 0 Å². The zero-order chi connectivity index (χ0) is 23.2. The topological polar surface area (TPSA) is 30.7 Å². The number of para-hydroxylation sites is 1. The summed E-state index contributed by atoms with van der Waals surface area (Å²) in [5.41, 5.74) is 6.15. The Bertz CT molecular complexity index is 1780. The number of hydrogen-bond acceptors (Lipinski definition) is 2. The second-order valence-corrected chi connectivity index (χ2v) is 8.74. The summed E-state index contributed by atoms with van der Waals surface area (Å²) < 4.78 is 2.20. The van der Waals surface area contributed by atoms with Gasteiger partial charge in [-0.25, -0.2) is 9.97 Å². The van der Waals surface area contributed by atoms with Gasteiger partial charge in [0.15, 0.2) is 0 Å². The minimum atomic E-state index is 0.673. The van der Waals surface area contributed by atoms with Gasteiger partial charge < -0.3 is 0 Å². The number of benzene rings is 5. The Kier molecular flexibility index (Phi) is 4.46. The molecular formula is C32H21N3. The predicted molar refractivity (Wildman–Crippen MR) is 145 cm³/mol. The highest BCUT2D eigenvalue weighted by Crippen LogP contribution is 2.35. The maximum Gasteiger partial charge on any atom is 0.235 e. The molecule has 7 rings (SSSR count). The van der Waals surface area contributed by atoms with E-state index in [4.69, 9.17) is 9.97 Å². The summed E-state index contributed by atoms with van der Waals surface area (Å²) >= 11 is 0. The van der Waals surface area contributed by atoms with Crippen LogP contribution in [0.25, 0.3) is 61.0 Å². The number of rotatable bonds is 3. The van der Waals surface area contributed by atoms with Crippen LogP contribution in [-0.4, -0.2) is 14.5 Å². The maximum absolute atomic E-state index is 5.10. The first-order chi connectivity index (χ1) is 17.3. The molecule has 0 aliphatic rings. The quantitative estimate of drug-likeness (QED) is 0.274. The van der Waals surface area contributed by atoms with Gasteiger partial charge in [0.1, 0.15) is 0 Å². The summed E-state index contributed by atoms with van der Waals surface area (Å²) in [6, 6.07) is 44.3. The minimum Gasteiger partial charge on any atom is -0.278 e. The summed E-state index contributed by atoms with van der Waals surface area (Å²) in [4.78, 5) is 10.2. The molecule has 3 nitrogen and oxygen atoms in total. The molecule has 0 radical (unpaired) electrons. The molecule has 0 saturated carbocycles. The van der Waals surface area contributed by atoms with E-state index in [0.29, 0.717) is 5.95 Å². The van der Waals surface area contributed by atoms with Crippen molar-refractivity contribution in [3.63, 3.8) is 0 Å². The lowest BCUT2D eigenvalue weighted by Gasteiger charge is -2.12. The van der Waals surface area contributed by atoms with E-state index in [0.717, 1.165) is 33.5 Å². The average Bonchev–Trinajstić information content (AvgIpc) is 3.26. The standard InChI is InChI=1S/C32H21N3/c1-3-11-22(12-4-1)28-21-29(23-13-5-2-6-14-23)34-32(33-28)35-30-18-10-9-17-26(30)27-19-24-15-7-8-16-25(24)20-31(27)35/h1-21H. The van der Waals surface area contributed by atoms with Crippen LogP contribution >= 0.6 is 0 Å². The average molecular weight is 448 g/mol. The Morgan fingerprint density at radius 3 is 1.63 bits per heavy atom. The lowest BCUT2D eigenvalue weighted by Crippen LogP contribution is -2.04. The SMILES string of the molecule is c1ccc(-c2cc(-c3ccccc3)nc(-n3c4ccccc4c4cc5ccccc5cc43)n2)cc1. The Hall–Kier alpha value is -4.76. The van der Waals surface area contributed by atoms with Gasteiger partial charge in [-0.15, -0.1) is 0 Å². The summed E-state index contributed by atoms with van der Waals surface area (Å²) in [7, 11) is 0. The van der Waals surface area contributed by atoms with Crippen molar-refractivity contribution in [2.75, 3.05) is 0 Å². The van der Waals surface area contributed by atoms with Crippen molar-refractivity contribution in [2.45, 2.75) is 0 Å². The van der Waals surface area contributed by atoms with Crippen molar-refractivity contribution in [1.29, 1.82) is 0 Å². The van der Waals surface area contributed by atoms with Crippen LogP contribution in [0, 0.1) is 0 Å². The number of hydrogen-bond donors (Lipinski definition) is 0. The van der Waals surface area contributed by atoms with Crippen molar-refractivity contribution >= 4 is 32.6 Å². The van der Waals surface area contributed by atoms with Crippen molar-refractivity contribution < 1.29 is 0 Å². The molecule has 35 heavy (non-hydrogen) atoms. The third-order valence-corrected chi connectivity index (χ3v) is 6.59. The largest absolute Gasteiger partial charge is 0.278 e. The van der Waals surface area contributed by atoms with Crippen LogP contribution in [-0.2, 0) is 0 Å². The van der Waals surface area contributed by atoms with Crippen LogP contribution in [0.15, 0.2) is 127 Å². The van der Waals surface area contributed by atoms with E-state index in [9.17, 15) is 0 Å². The van der Waals surface area contributed by atoms with Crippen LogP contribution in [0.5, 0.6) is 0 Å². The molecule has 2 heterocycles. The van der Waals surface area contributed by atoms with Crippen molar-refractivity contribution in [3.8, 4) is 28.5 Å². The van der Waals surface area contributed by atoms with Gasteiger partial charge in [-0.2, -0.15) is 0 Å². The number of aromatic nitrogens is 3. The van der Waals surface area contributed by atoms with Crippen LogP contribution in [0.3, 0.4) is 0 Å². The number of nitrogens with zero attached hydrogens (tertiary/aromatic N) is 3. The molecule has 0 saturated heterocycles. The molecule has 164 valence electrons. The fourth-order valence-electron chi connectivity index (χ4n) is 4.92. The molecule has 0 aliphatic heterocycles. The first-order valence-electron chi connectivity index (χ1n) is 11.8. The Labute approximate surface area is 203 Å². The second kappa shape index (κ2) is 7.93. The molecule has 0 N–H and O–H groups in total. The van der Waals surface area contributed by atoms with E-state index < -0.39 is 0 Å². The van der Waals surface area contributed by atoms with Gasteiger partial charge in [0, 0.05) is 21.9 Å². The van der Waals surface area contributed by atoms with Crippen LogP contribution in [0.2, 0.25) is 0 Å². The molecule has 0 atom stereocenters. The van der Waals surface area contributed by atoms with Crippen molar-refractivity contribution in [3.05, 3.63) is 127 Å². The van der Waals surface area contributed by atoms with E-state index >= 15 is 0 Å². The predicted octanol–water partition coefficient (Wildman–Crippen LogP) is 8.06. The molecule has 0 aliphatic carbocycles. The molecule has 0 bridgehead atoms. The molecule has 5 aromatic carbocycles. The maximum atomic E-state index is 5.10. The van der Waals surface area contributed by atoms with E-state index in [1.165, 1.54) is 21.5 Å². The Morgan fingerprint density at radius 2 is 0.971 bits per heavy atom. The van der Waals surface area contributed by atoms with E-state index in [-0.39, 0.29) is 0 Å². The third kappa shape index (κ3) is 3.29. The molecule has 0 unspecified atom stereocenters. The molecule has 0 fully saturated rings. The summed E-state index contributed by atoms with van der Waals surface area (Å²) in [5.74, 6) is 0.673. The Morgan fingerprint density at radius 1 is 0.429 bits per heavy atom. The molecule has 2 aromatic heterocycles. The zero-order valence-corrected chi connectivity index (χ0v) is 19.0. The van der Waals surface area contributed by atoms with Crippen LogP contribution in [0.1, 0.15) is 0 Å². The van der Waals surface area contributed by atoms with Gasteiger partial charge in [-0.3, -0.25) is 4.57 Å². The van der Waals surface area contributed by atoms with E-state index in [2.05, 4.69) is 95.6 Å². The van der Waals surface area contributed by atoms with Gasteiger partial charge in [-0.05, 0) is 35.0 Å². The van der Waals surface area contributed by atoms with Gasteiger partial charge in [0.05, 0.1) is 22.4 Å². The number of fused-ring (bicyclic) bond motifs is 4. The molecule has 0 amide bonds. The third-order valence-electron chi connectivity index (χ3n) is 6.59. The Balaban J connectivity index is 1.59.